The largest absolute Gasteiger partial charge is 0.496 e. The maximum Gasteiger partial charge on any atom is 0.310 e. The number of ether oxygens (including phenoxy) is 3. The van der Waals surface area contributed by atoms with Gasteiger partial charge in [-0.05, 0) is 37.1 Å². The second-order valence-corrected chi connectivity index (χ2v) is 6.93. The molecule has 0 amide bonds. The van der Waals surface area contributed by atoms with Crippen molar-refractivity contribution >= 4 is 23.5 Å². The minimum absolute atomic E-state index is 0.0943. The molecule has 2 aromatic carbocycles. The van der Waals surface area contributed by atoms with Crippen LogP contribution in [0.4, 0.5) is 0 Å². The van der Waals surface area contributed by atoms with Gasteiger partial charge in [0.25, 0.3) is 5.60 Å². The monoisotopic (exact) mass is 410 g/mol. The van der Waals surface area contributed by atoms with E-state index in [1.807, 2.05) is 0 Å². The number of fused-ring (bicyclic) bond motifs is 1. The second-order valence-electron chi connectivity index (χ2n) is 6.93. The molecular formula is C23H22O7. The Balaban J connectivity index is 2.26. The summed E-state index contributed by atoms with van der Waals surface area (Å²) in [5, 5.41) is 0. The molecule has 0 bridgehead atoms. The summed E-state index contributed by atoms with van der Waals surface area (Å²) < 4.78 is 15.9. The average Bonchev–Trinajstić information content (AvgIpc) is 2.91. The summed E-state index contributed by atoms with van der Waals surface area (Å²) in [5.41, 5.74) is -0.717. The highest BCUT2D eigenvalue weighted by atomic mass is 16.6. The van der Waals surface area contributed by atoms with Gasteiger partial charge in [0.1, 0.15) is 5.75 Å². The summed E-state index contributed by atoms with van der Waals surface area (Å²) in [6.45, 7) is 4.72. The van der Waals surface area contributed by atoms with Crippen LogP contribution >= 0.6 is 0 Å². The topological polar surface area (TPSA) is 96.0 Å². The summed E-state index contributed by atoms with van der Waals surface area (Å²) in [7, 11) is 1.44. The molecule has 0 unspecified atom stereocenters. The van der Waals surface area contributed by atoms with Gasteiger partial charge in [-0.2, -0.15) is 0 Å². The minimum Gasteiger partial charge on any atom is -0.496 e. The Kier molecular flexibility index (Phi) is 5.73. The maximum absolute atomic E-state index is 13.4. The molecule has 0 atom stereocenters. The first-order valence-corrected chi connectivity index (χ1v) is 9.48. The van der Waals surface area contributed by atoms with Crippen LogP contribution in [0, 0.1) is 6.92 Å². The number of Topliss-reactive ketones (excluding diaryl/α,β-unsaturated/α-hetero) is 2. The van der Waals surface area contributed by atoms with Crippen molar-refractivity contribution in [3.63, 3.8) is 0 Å². The maximum atomic E-state index is 13.4. The van der Waals surface area contributed by atoms with Crippen molar-refractivity contribution in [2.75, 3.05) is 13.7 Å². The molecule has 7 heteroatoms. The Morgan fingerprint density at radius 3 is 2.13 bits per heavy atom. The van der Waals surface area contributed by atoms with Crippen LogP contribution in [0.25, 0.3) is 0 Å². The van der Waals surface area contributed by atoms with Crippen molar-refractivity contribution in [2.24, 2.45) is 0 Å². The fourth-order valence-electron chi connectivity index (χ4n) is 3.77. The van der Waals surface area contributed by atoms with E-state index < -0.39 is 29.1 Å². The van der Waals surface area contributed by atoms with Gasteiger partial charge in [0.05, 0.1) is 20.1 Å². The zero-order valence-corrected chi connectivity index (χ0v) is 17.2. The minimum atomic E-state index is -2.17. The smallest absolute Gasteiger partial charge is 0.310 e. The van der Waals surface area contributed by atoms with Crippen molar-refractivity contribution in [3.05, 3.63) is 64.2 Å². The lowest BCUT2D eigenvalue weighted by Crippen LogP contribution is -2.43. The lowest BCUT2D eigenvalue weighted by atomic mass is 9.83. The van der Waals surface area contributed by atoms with Crippen LogP contribution in [0.1, 0.15) is 51.3 Å². The van der Waals surface area contributed by atoms with Crippen LogP contribution in [-0.2, 0) is 31.1 Å². The summed E-state index contributed by atoms with van der Waals surface area (Å²) in [6, 6.07) is 9.48. The highest BCUT2D eigenvalue weighted by molar-refractivity contribution is 6.32. The van der Waals surface area contributed by atoms with Crippen LogP contribution < -0.4 is 4.74 Å². The van der Waals surface area contributed by atoms with Crippen LogP contribution in [0.15, 0.2) is 36.4 Å². The highest BCUT2D eigenvalue weighted by Crippen LogP contribution is 2.44. The third kappa shape index (κ3) is 3.36. The summed E-state index contributed by atoms with van der Waals surface area (Å²) >= 11 is 0. The Hall–Kier alpha value is -3.48. The number of methoxy groups -OCH3 is 1. The fraction of sp³-hybridized carbons (Fsp3) is 0.304. The lowest BCUT2D eigenvalue weighted by Gasteiger charge is -2.28. The standard InChI is InChI=1S/C23H22O7/c1-5-29-20(25)12-15-10-18(13(2)19(11-15)28-4)23(30-14(3)24)21(26)16-8-6-7-9-17(16)22(23)27/h6-11H,5,12H2,1-4H3. The first-order chi connectivity index (χ1) is 14.3. The zero-order valence-electron chi connectivity index (χ0n) is 17.2. The third-order valence-corrected chi connectivity index (χ3v) is 5.03. The number of carbonyl (C=O) groups is 4. The highest BCUT2D eigenvalue weighted by Gasteiger charge is 2.58. The van der Waals surface area contributed by atoms with Gasteiger partial charge in [0.15, 0.2) is 0 Å². The first-order valence-electron chi connectivity index (χ1n) is 9.48. The molecule has 0 saturated carbocycles. The van der Waals surface area contributed by atoms with Crippen molar-refractivity contribution in [3.8, 4) is 5.75 Å². The van der Waals surface area contributed by atoms with Crippen LogP contribution in [0.2, 0.25) is 0 Å². The molecule has 0 spiro atoms. The van der Waals surface area contributed by atoms with Crippen molar-refractivity contribution in [1.29, 1.82) is 0 Å². The SMILES string of the molecule is CCOC(=O)Cc1cc(OC)c(C)c(C2(OC(C)=O)C(=O)c3ccccc3C2=O)c1. The number of benzene rings is 2. The van der Waals surface area contributed by atoms with Gasteiger partial charge in [0.2, 0.25) is 11.6 Å². The molecule has 0 radical (unpaired) electrons. The van der Waals surface area contributed by atoms with E-state index in [0.29, 0.717) is 16.9 Å². The van der Waals surface area contributed by atoms with Crippen LogP contribution in [0.5, 0.6) is 5.75 Å². The second kappa shape index (κ2) is 8.10. The van der Waals surface area contributed by atoms with E-state index in [4.69, 9.17) is 14.2 Å². The molecule has 2 aromatic rings. The lowest BCUT2D eigenvalue weighted by molar-refractivity contribution is -0.149. The molecule has 7 nitrogen and oxygen atoms in total. The van der Waals surface area contributed by atoms with E-state index in [-0.39, 0.29) is 29.7 Å². The number of hydrogen-bond acceptors (Lipinski definition) is 7. The van der Waals surface area contributed by atoms with Gasteiger partial charge in [-0.25, -0.2) is 0 Å². The Bertz CT molecular complexity index is 1020. The van der Waals surface area contributed by atoms with E-state index in [1.54, 1.807) is 32.0 Å². The van der Waals surface area contributed by atoms with E-state index >= 15 is 0 Å². The number of esters is 2. The molecule has 156 valence electrons. The van der Waals surface area contributed by atoms with Crippen molar-refractivity contribution < 1.29 is 33.4 Å². The predicted molar refractivity (Wildman–Crippen MR) is 107 cm³/mol. The Labute approximate surface area is 173 Å². The van der Waals surface area contributed by atoms with Gasteiger partial charge >= 0.3 is 11.9 Å². The van der Waals surface area contributed by atoms with Crippen molar-refractivity contribution in [1.82, 2.24) is 0 Å². The Morgan fingerprint density at radius 1 is 1.03 bits per heavy atom. The van der Waals surface area contributed by atoms with E-state index in [1.165, 1.54) is 25.3 Å². The number of ketones is 2. The molecular weight excluding hydrogens is 388 g/mol. The number of carbonyl (C=O) groups excluding carboxylic acids is 4. The van der Waals surface area contributed by atoms with Gasteiger partial charge in [-0.15, -0.1) is 0 Å². The number of rotatable bonds is 6. The molecule has 0 saturated heterocycles. The normalized spacial score (nSPS) is 14.3. The zero-order chi connectivity index (χ0) is 22.1. The predicted octanol–water partition coefficient (Wildman–Crippen LogP) is 2.95. The van der Waals surface area contributed by atoms with Crippen molar-refractivity contribution in [2.45, 2.75) is 32.8 Å². The van der Waals surface area contributed by atoms with Gasteiger partial charge < -0.3 is 14.2 Å². The molecule has 0 heterocycles. The summed E-state index contributed by atoms with van der Waals surface area (Å²) in [5.74, 6) is -2.15. The molecule has 1 aliphatic carbocycles. The molecule has 3 rings (SSSR count). The summed E-state index contributed by atoms with van der Waals surface area (Å²) in [4.78, 5) is 50.9. The quantitative estimate of drug-likeness (QED) is 0.534. The molecule has 1 aliphatic rings. The number of hydrogen-bond donors (Lipinski definition) is 0. The van der Waals surface area contributed by atoms with Gasteiger partial charge in [-0.3, -0.25) is 19.2 Å². The van der Waals surface area contributed by atoms with E-state index in [0.717, 1.165) is 6.92 Å². The molecule has 30 heavy (non-hydrogen) atoms. The van der Waals surface area contributed by atoms with Gasteiger partial charge in [0, 0.05) is 23.6 Å². The molecule has 0 aliphatic heterocycles. The average molecular weight is 410 g/mol. The van der Waals surface area contributed by atoms with E-state index in [2.05, 4.69) is 0 Å². The molecule has 0 fully saturated rings. The van der Waals surface area contributed by atoms with E-state index in [9.17, 15) is 19.2 Å². The molecule has 0 N–H and O–H groups in total. The van der Waals surface area contributed by atoms with Crippen LogP contribution in [0.3, 0.4) is 0 Å². The molecule has 0 aromatic heterocycles. The Morgan fingerprint density at radius 2 is 1.63 bits per heavy atom. The third-order valence-electron chi connectivity index (χ3n) is 5.03. The summed E-state index contributed by atoms with van der Waals surface area (Å²) in [6.07, 6.45) is -0.0943. The first kappa shape index (κ1) is 21.2. The van der Waals surface area contributed by atoms with Gasteiger partial charge in [-0.1, -0.05) is 24.3 Å². The fourth-order valence-corrected chi connectivity index (χ4v) is 3.77. The van der Waals surface area contributed by atoms with Crippen LogP contribution in [-0.4, -0.2) is 37.2 Å².